The van der Waals surface area contributed by atoms with E-state index in [4.69, 9.17) is 9.47 Å². The van der Waals surface area contributed by atoms with Crippen LogP contribution in [-0.2, 0) is 16.6 Å². The minimum absolute atomic E-state index is 0.552. The molecule has 1 fully saturated rings. The third-order valence-corrected chi connectivity index (χ3v) is 6.55. The lowest BCUT2D eigenvalue weighted by atomic mass is 9.91. The molecule has 0 unspecified atom stereocenters. The highest BCUT2D eigenvalue weighted by molar-refractivity contribution is 7.86. The van der Waals surface area contributed by atoms with Gasteiger partial charge in [0.2, 0.25) is 0 Å². The van der Waals surface area contributed by atoms with Crippen molar-refractivity contribution in [2.45, 2.75) is 25.7 Å². The van der Waals surface area contributed by atoms with Crippen LogP contribution in [0.3, 0.4) is 0 Å². The van der Waals surface area contributed by atoms with E-state index in [1.54, 1.807) is 32.6 Å². The first kappa shape index (κ1) is 19.0. The first-order valence-electron chi connectivity index (χ1n) is 8.26. The number of hydrogen-bond acceptors (Lipinski definition) is 4. The van der Waals surface area contributed by atoms with E-state index in [1.165, 1.54) is 9.87 Å². The summed E-state index contributed by atoms with van der Waals surface area (Å²) in [7, 11) is 3.19. The lowest BCUT2D eigenvalue weighted by Gasteiger charge is -2.32. The molecule has 2 rings (SSSR count). The van der Waals surface area contributed by atoms with Gasteiger partial charge in [0.15, 0.2) is 0 Å². The lowest BCUT2D eigenvalue weighted by Crippen LogP contribution is -2.44. The summed E-state index contributed by atoms with van der Waals surface area (Å²) in [6, 6.07) is 5.94. The highest BCUT2D eigenvalue weighted by atomic mass is 32.2. The molecule has 1 aromatic carbocycles. The predicted octanol–water partition coefficient (Wildman–Crippen LogP) is 2.15. The molecule has 1 aromatic rings. The van der Waals surface area contributed by atoms with Crippen LogP contribution in [0.2, 0.25) is 0 Å². The zero-order chi connectivity index (χ0) is 17.7. The second-order valence-corrected chi connectivity index (χ2v) is 8.53. The molecule has 24 heavy (non-hydrogen) atoms. The van der Waals surface area contributed by atoms with Crippen LogP contribution in [0.5, 0.6) is 11.5 Å². The molecule has 0 aromatic heterocycles. The van der Waals surface area contributed by atoms with Gasteiger partial charge < -0.3 is 9.47 Å². The molecule has 0 saturated carbocycles. The van der Waals surface area contributed by atoms with E-state index in [9.17, 15) is 8.42 Å². The van der Waals surface area contributed by atoms with Crippen molar-refractivity contribution in [3.63, 3.8) is 0 Å². The van der Waals surface area contributed by atoms with Crippen LogP contribution in [0.25, 0.3) is 0 Å². The van der Waals surface area contributed by atoms with Crippen molar-refractivity contribution < 1.29 is 17.9 Å². The number of methoxy groups -OCH3 is 2. The van der Waals surface area contributed by atoms with Crippen LogP contribution >= 0.6 is 0 Å². The third kappa shape index (κ3) is 4.62. The van der Waals surface area contributed by atoms with Crippen LogP contribution in [0.15, 0.2) is 18.2 Å². The Labute approximate surface area is 145 Å². The maximum absolute atomic E-state index is 12.1. The van der Waals surface area contributed by atoms with Crippen molar-refractivity contribution in [1.82, 2.24) is 8.61 Å². The van der Waals surface area contributed by atoms with E-state index in [-0.39, 0.29) is 0 Å². The molecule has 0 bridgehead atoms. The molecule has 0 radical (unpaired) electrons. The van der Waals surface area contributed by atoms with Crippen LogP contribution < -0.4 is 9.47 Å². The van der Waals surface area contributed by atoms with Crippen molar-refractivity contribution in [1.29, 1.82) is 0 Å². The number of aryl methyl sites for hydroxylation is 1. The van der Waals surface area contributed by atoms with Gasteiger partial charge in [-0.1, -0.05) is 0 Å². The van der Waals surface area contributed by atoms with E-state index < -0.39 is 10.2 Å². The fourth-order valence-electron chi connectivity index (χ4n) is 3.04. The summed E-state index contributed by atoms with van der Waals surface area (Å²) in [6.07, 6.45) is 3.81. The summed E-state index contributed by atoms with van der Waals surface area (Å²) in [5, 5.41) is 0. The van der Waals surface area contributed by atoms with E-state index in [0.717, 1.165) is 37.2 Å². The minimum Gasteiger partial charge on any atom is -0.497 e. The Morgan fingerprint density at radius 3 is 2.08 bits per heavy atom. The Bertz CT molecular complexity index is 616. The predicted molar refractivity (Wildman–Crippen MR) is 94.8 cm³/mol. The average Bonchev–Trinajstić information content (AvgIpc) is 2.59. The number of nitrogens with zero attached hydrogens (tertiary/aromatic N) is 2. The molecule has 0 atom stereocenters. The Kier molecular flexibility index (Phi) is 6.48. The van der Waals surface area contributed by atoms with Gasteiger partial charge in [-0.2, -0.15) is 17.0 Å². The quantitative estimate of drug-likeness (QED) is 0.751. The molecule has 0 spiro atoms. The molecule has 7 heteroatoms. The Morgan fingerprint density at radius 2 is 1.62 bits per heavy atom. The molecule has 0 aliphatic carbocycles. The number of benzene rings is 1. The van der Waals surface area contributed by atoms with Crippen molar-refractivity contribution in [2.24, 2.45) is 5.92 Å². The summed E-state index contributed by atoms with van der Waals surface area (Å²) in [4.78, 5) is 0. The van der Waals surface area contributed by atoms with Gasteiger partial charge in [-0.3, -0.25) is 0 Å². The van der Waals surface area contributed by atoms with Crippen molar-refractivity contribution >= 4 is 10.2 Å². The molecule has 1 aliphatic rings. The van der Waals surface area contributed by atoms with E-state index >= 15 is 0 Å². The van der Waals surface area contributed by atoms with E-state index in [2.05, 4.69) is 0 Å². The molecule has 1 heterocycles. The topological polar surface area (TPSA) is 59.1 Å². The van der Waals surface area contributed by atoms with Gasteiger partial charge in [0.05, 0.1) is 14.2 Å². The zero-order valence-corrected chi connectivity index (χ0v) is 15.8. The summed E-state index contributed by atoms with van der Waals surface area (Å²) in [5.41, 5.74) is 1.19. The van der Waals surface area contributed by atoms with Gasteiger partial charge in [0.1, 0.15) is 11.5 Å². The normalized spacial score (nSPS) is 17.2. The number of rotatable bonds is 7. The summed E-state index contributed by atoms with van der Waals surface area (Å²) >= 11 is 0. The number of hydrogen-bond donors (Lipinski definition) is 0. The van der Waals surface area contributed by atoms with Gasteiger partial charge in [0.25, 0.3) is 10.2 Å². The maximum Gasteiger partial charge on any atom is 0.281 e. The van der Waals surface area contributed by atoms with Crippen LogP contribution in [0.1, 0.15) is 24.8 Å². The van der Waals surface area contributed by atoms with Gasteiger partial charge in [-0.25, -0.2) is 0 Å². The Morgan fingerprint density at radius 1 is 1.08 bits per heavy atom. The maximum atomic E-state index is 12.1. The van der Waals surface area contributed by atoms with Crippen molar-refractivity contribution in [2.75, 3.05) is 41.4 Å². The Balaban J connectivity index is 1.89. The first-order valence-corrected chi connectivity index (χ1v) is 9.66. The molecule has 0 amide bonds. The largest absolute Gasteiger partial charge is 0.497 e. The van der Waals surface area contributed by atoms with Crippen molar-refractivity contribution in [3.05, 3.63) is 23.8 Å². The number of piperidine rings is 1. The molecule has 1 saturated heterocycles. The second kappa shape index (κ2) is 8.18. The standard InChI is InChI=1S/C17H28N2O4S/c1-18(2)24(20,21)19-9-7-14(8-10-19)5-6-15-11-16(22-3)13-17(12-15)23-4/h11-14H,5-10H2,1-4H3. The first-order chi connectivity index (χ1) is 11.4. The van der Waals surface area contributed by atoms with Gasteiger partial charge in [-0.05, 0) is 49.3 Å². The van der Waals surface area contributed by atoms with Crippen LogP contribution in [0, 0.1) is 5.92 Å². The monoisotopic (exact) mass is 356 g/mol. The van der Waals surface area contributed by atoms with Crippen molar-refractivity contribution in [3.8, 4) is 11.5 Å². The van der Waals surface area contributed by atoms with E-state index in [0.29, 0.717) is 19.0 Å². The summed E-state index contributed by atoms with van der Waals surface area (Å²) < 4.78 is 37.8. The van der Waals surface area contributed by atoms with Gasteiger partial charge in [0, 0.05) is 33.3 Å². The van der Waals surface area contributed by atoms with Gasteiger partial charge >= 0.3 is 0 Å². The SMILES string of the molecule is COc1cc(CCC2CCN(S(=O)(=O)N(C)C)CC2)cc(OC)c1. The smallest absolute Gasteiger partial charge is 0.281 e. The summed E-state index contributed by atoms with van der Waals surface area (Å²) in [5.74, 6) is 2.16. The zero-order valence-electron chi connectivity index (χ0n) is 15.0. The van der Waals surface area contributed by atoms with Gasteiger partial charge in [-0.15, -0.1) is 0 Å². The molecular weight excluding hydrogens is 328 g/mol. The fraction of sp³-hybridized carbons (Fsp3) is 0.647. The minimum atomic E-state index is -3.27. The lowest BCUT2D eigenvalue weighted by molar-refractivity contribution is 0.253. The van der Waals surface area contributed by atoms with Crippen LogP contribution in [0.4, 0.5) is 0 Å². The molecule has 136 valence electrons. The average molecular weight is 356 g/mol. The highest BCUT2D eigenvalue weighted by Gasteiger charge is 2.29. The second-order valence-electron chi connectivity index (χ2n) is 6.39. The molecular formula is C17H28N2O4S. The molecule has 1 aliphatic heterocycles. The Hall–Kier alpha value is -1.31. The third-order valence-electron chi connectivity index (χ3n) is 4.61. The molecule has 0 N–H and O–H groups in total. The summed E-state index contributed by atoms with van der Waals surface area (Å²) in [6.45, 7) is 1.21. The number of ether oxygens (including phenoxy) is 2. The van der Waals surface area contributed by atoms with E-state index in [1.807, 2.05) is 18.2 Å². The van der Waals surface area contributed by atoms with Crippen LogP contribution in [-0.4, -0.2) is 58.4 Å². The molecule has 6 nitrogen and oxygen atoms in total. The highest BCUT2D eigenvalue weighted by Crippen LogP contribution is 2.27. The fourth-order valence-corrected chi connectivity index (χ4v) is 4.18.